The fourth-order valence-electron chi connectivity index (χ4n) is 3.75. The minimum absolute atomic E-state index is 0.187. The Morgan fingerprint density at radius 2 is 2.00 bits per heavy atom. The molecule has 0 saturated carbocycles. The van der Waals surface area contributed by atoms with Gasteiger partial charge in [-0.25, -0.2) is 0 Å². The van der Waals surface area contributed by atoms with Gasteiger partial charge in [0.25, 0.3) is 0 Å². The predicted molar refractivity (Wildman–Crippen MR) is 87.3 cm³/mol. The first-order chi connectivity index (χ1) is 10.8. The van der Waals surface area contributed by atoms with Crippen LogP contribution in [0.2, 0.25) is 0 Å². The number of aliphatic imine (C=N–C) groups is 1. The molecule has 6 nitrogen and oxygen atoms in total. The maximum absolute atomic E-state index is 5.92. The number of hydrogen-bond donors (Lipinski definition) is 1. The maximum atomic E-state index is 5.92. The Hall–Kier alpha value is -0.850. The molecule has 0 radical (unpaired) electrons. The number of guanidine groups is 1. The molecule has 3 unspecified atom stereocenters. The second-order valence-corrected chi connectivity index (χ2v) is 6.75. The Morgan fingerprint density at radius 3 is 2.68 bits per heavy atom. The van der Waals surface area contributed by atoms with Gasteiger partial charge in [0.2, 0.25) is 0 Å². The van der Waals surface area contributed by atoms with E-state index < -0.39 is 0 Å². The highest BCUT2D eigenvalue weighted by molar-refractivity contribution is 5.80. The molecular weight excluding hydrogens is 280 g/mol. The minimum atomic E-state index is 0.187. The number of morpholine rings is 1. The van der Waals surface area contributed by atoms with Gasteiger partial charge in [-0.3, -0.25) is 4.99 Å². The Labute approximate surface area is 133 Å². The zero-order valence-corrected chi connectivity index (χ0v) is 14.0. The Bertz CT molecular complexity index is 384. The first-order valence-corrected chi connectivity index (χ1v) is 8.63. The van der Waals surface area contributed by atoms with Crippen LogP contribution in [0.25, 0.3) is 0 Å². The summed E-state index contributed by atoms with van der Waals surface area (Å²) >= 11 is 0. The zero-order valence-electron chi connectivity index (χ0n) is 14.0. The summed E-state index contributed by atoms with van der Waals surface area (Å²) in [6, 6.07) is 0. The van der Waals surface area contributed by atoms with Gasteiger partial charge in [-0.15, -0.1) is 0 Å². The van der Waals surface area contributed by atoms with E-state index in [2.05, 4.69) is 27.2 Å². The van der Waals surface area contributed by atoms with Crippen molar-refractivity contribution in [3.05, 3.63) is 0 Å². The van der Waals surface area contributed by atoms with E-state index in [-0.39, 0.29) is 12.2 Å². The molecule has 3 saturated heterocycles. The van der Waals surface area contributed by atoms with Crippen molar-refractivity contribution >= 4 is 5.96 Å². The molecule has 3 rings (SSSR count). The molecule has 0 aliphatic carbocycles. The largest absolute Gasteiger partial charge is 0.375 e. The quantitative estimate of drug-likeness (QED) is 0.604. The van der Waals surface area contributed by atoms with Gasteiger partial charge in [0.05, 0.1) is 12.7 Å². The zero-order chi connectivity index (χ0) is 15.4. The first kappa shape index (κ1) is 16.0. The summed E-state index contributed by atoms with van der Waals surface area (Å²) in [7, 11) is 4.07. The van der Waals surface area contributed by atoms with E-state index in [4.69, 9.17) is 9.47 Å². The highest BCUT2D eigenvalue weighted by atomic mass is 16.5. The molecule has 1 N–H and O–H groups in total. The molecule has 0 aromatic rings. The van der Waals surface area contributed by atoms with Crippen LogP contribution in [-0.4, -0.2) is 88.0 Å². The Balaban J connectivity index is 1.49. The average molecular weight is 310 g/mol. The Kier molecular flexibility index (Phi) is 5.55. The number of rotatable bonds is 3. The lowest BCUT2D eigenvalue weighted by molar-refractivity contribution is -0.0817. The molecule has 3 atom stereocenters. The molecule has 3 aliphatic rings. The van der Waals surface area contributed by atoms with Gasteiger partial charge in [-0.1, -0.05) is 0 Å². The van der Waals surface area contributed by atoms with Crippen LogP contribution in [0.15, 0.2) is 4.99 Å². The van der Waals surface area contributed by atoms with E-state index >= 15 is 0 Å². The fraction of sp³-hybridized carbons (Fsp3) is 0.938. The average Bonchev–Trinajstić information content (AvgIpc) is 3.20. The van der Waals surface area contributed by atoms with Crippen molar-refractivity contribution in [1.82, 2.24) is 15.1 Å². The normalized spacial score (nSPS) is 34.4. The van der Waals surface area contributed by atoms with E-state index in [0.717, 1.165) is 57.6 Å². The molecule has 0 spiro atoms. The molecule has 22 heavy (non-hydrogen) atoms. The van der Waals surface area contributed by atoms with E-state index in [1.807, 2.05) is 7.05 Å². The molecule has 0 aromatic heterocycles. The first-order valence-electron chi connectivity index (χ1n) is 8.63. The van der Waals surface area contributed by atoms with Crippen LogP contribution in [-0.2, 0) is 9.47 Å². The summed E-state index contributed by atoms with van der Waals surface area (Å²) in [5, 5.41) is 3.57. The predicted octanol–water partition coefficient (Wildman–Crippen LogP) is 0.393. The molecular formula is C16H30N4O2. The van der Waals surface area contributed by atoms with Gasteiger partial charge in [0, 0.05) is 39.8 Å². The third kappa shape index (κ3) is 3.91. The monoisotopic (exact) mass is 310 g/mol. The number of nitrogens with one attached hydrogen (secondary N) is 1. The number of likely N-dealkylation sites (tertiary alicyclic amines) is 1. The van der Waals surface area contributed by atoms with Crippen LogP contribution in [0.1, 0.15) is 19.3 Å². The minimum Gasteiger partial charge on any atom is -0.375 e. The van der Waals surface area contributed by atoms with Crippen molar-refractivity contribution in [3.63, 3.8) is 0 Å². The molecule has 126 valence electrons. The second kappa shape index (κ2) is 7.62. The van der Waals surface area contributed by atoms with Gasteiger partial charge in [-0.05, 0) is 38.8 Å². The van der Waals surface area contributed by atoms with E-state index in [9.17, 15) is 0 Å². The van der Waals surface area contributed by atoms with Gasteiger partial charge in [0.1, 0.15) is 6.10 Å². The van der Waals surface area contributed by atoms with Crippen LogP contribution < -0.4 is 5.32 Å². The fourth-order valence-corrected chi connectivity index (χ4v) is 3.75. The van der Waals surface area contributed by atoms with Crippen molar-refractivity contribution in [3.8, 4) is 0 Å². The summed E-state index contributed by atoms with van der Waals surface area (Å²) in [5.74, 6) is 1.75. The standard InChI is InChI=1S/C16H30N4O2/c1-17-16(18-10-13-5-6-19(2)11-13)20-7-9-22-15(12-20)14-4-3-8-21-14/h13-15H,3-12H2,1-2H3,(H,17,18). The van der Waals surface area contributed by atoms with Gasteiger partial charge < -0.3 is 24.6 Å². The molecule has 6 heteroatoms. The van der Waals surface area contributed by atoms with E-state index in [1.165, 1.54) is 19.5 Å². The van der Waals surface area contributed by atoms with Crippen LogP contribution >= 0.6 is 0 Å². The number of ether oxygens (including phenoxy) is 2. The van der Waals surface area contributed by atoms with Crippen molar-refractivity contribution in [2.75, 3.05) is 60.0 Å². The highest BCUT2D eigenvalue weighted by Crippen LogP contribution is 2.21. The molecule has 0 bridgehead atoms. The molecule has 0 aromatic carbocycles. The van der Waals surface area contributed by atoms with Crippen LogP contribution in [0, 0.1) is 5.92 Å². The second-order valence-electron chi connectivity index (χ2n) is 6.75. The lowest BCUT2D eigenvalue weighted by Crippen LogP contribution is -2.53. The maximum Gasteiger partial charge on any atom is 0.193 e. The van der Waals surface area contributed by atoms with Crippen LogP contribution in [0.3, 0.4) is 0 Å². The lowest BCUT2D eigenvalue weighted by atomic mass is 10.1. The van der Waals surface area contributed by atoms with Crippen molar-refractivity contribution in [2.45, 2.75) is 31.5 Å². The summed E-state index contributed by atoms with van der Waals surface area (Å²) in [6.07, 6.45) is 4.02. The van der Waals surface area contributed by atoms with Crippen molar-refractivity contribution in [2.24, 2.45) is 10.9 Å². The Morgan fingerprint density at radius 1 is 1.14 bits per heavy atom. The lowest BCUT2D eigenvalue weighted by Gasteiger charge is -2.37. The van der Waals surface area contributed by atoms with Crippen LogP contribution in [0.4, 0.5) is 0 Å². The molecule has 0 amide bonds. The summed E-state index contributed by atoms with van der Waals surface area (Å²) < 4.78 is 11.7. The molecule has 3 aliphatic heterocycles. The van der Waals surface area contributed by atoms with Crippen molar-refractivity contribution < 1.29 is 9.47 Å². The van der Waals surface area contributed by atoms with E-state index in [0.29, 0.717) is 0 Å². The van der Waals surface area contributed by atoms with Gasteiger partial charge >= 0.3 is 0 Å². The van der Waals surface area contributed by atoms with Gasteiger partial charge in [-0.2, -0.15) is 0 Å². The molecule has 3 heterocycles. The number of nitrogens with zero attached hydrogens (tertiary/aromatic N) is 3. The third-order valence-corrected chi connectivity index (χ3v) is 5.02. The smallest absolute Gasteiger partial charge is 0.193 e. The van der Waals surface area contributed by atoms with Crippen LogP contribution in [0.5, 0.6) is 0 Å². The van der Waals surface area contributed by atoms with Gasteiger partial charge in [0.15, 0.2) is 5.96 Å². The topological polar surface area (TPSA) is 49.3 Å². The summed E-state index contributed by atoms with van der Waals surface area (Å²) in [5.41, 5.74) is 0. The summed E-state index contributed by atoms with van der Waals surface area (Å²) in [6.45, 7) is 6.85. The molecule has 3 fully saturated rings. The SMILES string of the molecule is CN=C(NCC1CCN(C)C1)N1CCOC(C2CCCO2)C1. The third-order valence-electron chi connectivity index (χ3n) is 5.02. The van der Waals surface area contributed by atoms with Crippen molar-refractivity contribution in [1.29, 1.82) is 0 Å². The number of hydrogen-bond acceptors (Lipinski definition) is 4. The highest BCUT2D eigenvalue weighted by Gasteiger charge is 2.32. The summed E-state index contributed by atoms with van der Waals surface area (Å²) in [4.78, 5) is 9.20. The van der Waals surface area contributed by atoms with E-state index in [1.54, 1.807) is 0 Å².